The number of carbonyl (C=O) groups is 1. The van der Waals surface area contributed by atoms with Gasteiger partial charge in [-0.2, -0.15) is 4.98 Å². The number of nitrogens with one attached hydrogen (secondary N) is 2. The van der Waals surface area contributed by atoms with Gasteiger partial charge >= 0.3 is 0 Å². The van der Waals surface area contributed by atoms with E-state index >= 15 is 0 Å². The molecule has 2 fully saturated rings. The van der Waals surface area contributed by atoms with E-state index in [0.717, 1.165) is 0 Å². The second-order valence-electron chi connectivity index (χ2n) is 9.61. The molecule has 5 rings (SSSR count). The van der Waals surface area contributed by atoms with Gasteiger partial charge in [-0.1, -0.05) is 29.3 Å². The van der Waals surface area contributed by atoms with Crippen LogP contribution in [0.2, 0.25) is 10.0 Å². The van der Waals surface area contributed by atoms with Gasteiger partial charge in [-0.15, -0.1) is 0 Å². The van der Waals surface area contributed by atoms with E-state index in [4.69, 9.17) is 38.9 Å². The lowest BCUT2D eigenvalue weighted by atomic mass is 9.85. The SMILES string of the molecule is NC(=O)[C@H]1CC[C@H](n2c(Nc3c(Cl)cccc3Cl)nc3cnc(NC4CCC(F)(F)CC4)nc32)CC1. The van der Waals surface area contributed by atoms with Crippen LogP contribution in [0.4, 0.5) is 26.4 Å². The van der Waals surface area contributed by atoms with Crippen LogP contribution in [-0.2, 0) is 4.79 Å². The molecule has 8 nitrogen and oxygen atoms in total. The largest absolute Gasteiger partial charge is 0.369 e. The second-order valence-corrected chi connectivity index (χ2v) is 10.4. The first-order valence-corrected chi connectivity index (χ1v) is 12.9. The Balaban J connectivity index is 1.48. The Morgan fingerprint density at radius 3 is 2.36 bits per heavy atom. The maximum Gasteiger partial charge on any atom is 0.248 e. The standard InChI is InChI=1S/C24H27Cl2F2N7O/c25-16-2-1-3-17(26)19(16)33-23-32-18-12-30-22(31-14-8-10-24(27,28)11-9-14)34-21(18)35(23)15-6-4-13(5-7-15)20(29)36/h1-3,12-15H,4-11H2,(H2,29,36)(H,32,33)(H,30,31,34)/t13-,15-. The van der Waals surface area contributed by atoms with Crippen molar-refractivity contribution in [1.29, 1.82) is 0 Å². The molecule has 2 heterocycles. The molecule has 0 spiro atoms. The lowest BCUT2D eigenvalue weighted by Crippen LogP contribution is -2.32. The number of benzene rings is 1. The molecule has 0 aliphatic heterocycles. The van der Waals surface area contributed by atoms with Gasteiger partial charge < -0.3 is 16.4 Å². The van der Waals surface area contributed by atoms with Crippen molar-refractivity contribution in [3.05, 3.63) is 34.4 Å². The highest BCUT2D eigenvalue weighted by molar-refractivity contribution is 6.39. The van der Waals surface area contributed by atoms with Crippen LogP contribution in [0.1, 0.15) is 57.4 Å². The molecule has 192 valence electrons. The zero-order chi connectivity index (χ0) is 25.4. The van der Waals surface area contributed by atoms with Crippen LogP contribution in [0.15, 0.2) is 24.4 Å². The van der Waals surface area contributed by atoms with E-state index in [0.29, 0.717) is 77.3 Å². The number of alkyl halides is 2. The van der Waals surface area contributed by atoms with Gasteiger partial charge in [0.25, 0.3) is 0 Å². The van der Waals surface area contributed by atoms with Crippen molar-refractivity contribution in [3.8, 4) is 0 Å². The van der Waals surface area contributed by atoms with Crippen molar-refractivity contribution < 1.29 is 13.6 Å². The van der Waals surface area contributed by atoms with Crippen molar-refractivity contribution >= 4 is 57.9 Å². The summed E-state index contributed by atoms with van der Waals surface area (Å²) in [6, 6.07) is 5.11. The normalized spacial score (nSPS) is 22.4. The summed E-state index contributed by atoms with van der Waals surface area (Å²) in [5, 5.41) is 7.37. The summed E-state index contributed by atoms with van der Waals surface area (Å²) in [5.41, 5.74) is 7.23. The molecule has 1 aromatic carbocycles. The fraction of sp³-hybridized carbons (Fsp3) is 0.500. The van der Waals surface area contributed by atoms with Gasteiger partial charge in [-0.3, -0.25) is 9.36 Å². The summed E-state index contributed by atoms with van der Waals surface area (Å²) in [6.45, 7) is 0. The molecule has 2 aliphatic rings. The Morgan fingerprint density at radius 2 is 1.72 bits per heavy atom. The Hall–Kier alpha value is -2.72. The zero-order valence-corrected chi connectivity index (χ0v) is 21.0. The second kappa shape index (κ2) is 9.97. The number of para-hydroxylation sites is 1. The number of anilines is 3. The molecule has 0 atom stereocenters. The molecular formula is C24H27Cl2F2N7O. The fourth-order valence-electron chi connectivity index (χ4n) is 5.11. The molecule has 0 radical (unpaired) electrons. The van der Waals surface area contributed by atoms with E-state index in [1.54, 1.807) is 24.4 Å². The van der Waals surface area contributed by atoms with Gasteiger partial charge in [0.15, 0.2) is 5.65 Å². The van der Waals surface area contributed by atoms with Crippen molar-refractivity contribution in [3.63, 3.8) is 0 Å². The monoisotopic (exact) mass is 537 g/mol. The first-order valence-electron chi connectivity index (χ1n) is 12.1. The van der Waals surface area contributed by atoms with Crippen molar-refractivity contribution in [2.75, 3.05) is 10.6 Å². The van der Waals surface area contributed by atoms with Crippen LogP contribution in [0, 0.1) is 5.92 Å². The lowest BCUT2D eigenvalue weighted by Gasteiger charge is -2.29. The Morgan fingerprint density at radius 1 is 1.06 bits per heavy atom. The fourth-order valence-corrected chi connectivity index (χ4v) is 5.60. The number of amides is 1. The van der Waals surface area contributed by atoms with E-state index in [1.165, 1.54) is 0 Å². The van der Waals surface area contributed by atoms with Crippen LogP contribution >= 0.6 is 23.2 Å². The van der Waals surface area contributed by atoms with Crippen molar-refractivity contribution in [2.24, 2.45) is 11.7 Å². The van der Waals surface area contributed by atoms with Crippen LogP contribution in [-0.4, -0.2) is 37.4 Å². The van der Waals surface area contributed by atoms with Crippen LogP contribution in [0.25, 0.3) is 11.2 Å². The van der Waals surface area contributed by atoms with E-state index in [1.807, 2.05) is 4.57 Å². The van der Waals surface area contributed by atoms with E-state index in [2.05, 4.69) is 15.6 Å². The lowest BCUT2D eigenvalue weighted by molar-refractivity contribution is -0.122. The minimum atomic E-state index is -2.61. The predicted octanol–water partition coefficient (Wildman–Crippen LogP) is 6.08. The number of hydrogen-bond acceptors (Lipinski definition) is 6. The Bertz CT molecular complexity index is 1250. The van der Waals surface area contributed by atoms with Gasteiger partial charge in [-0.05, 0) is 50.7 Å². The average Bonchev–Trinajstić information content (AvgIpc) is 3.20. The minimum Gasteiger partial charge on any atom is -0.369 e. The molecule has 2 aliphatic carbocycles. The van der Waals surface area contributed by atoms with Crippen molar-refractivity contribution in [2.45, 2.75) is 69.4 Å². The summed E-state index contributed by atoms with van der Waals surface area (Å²) in [7, 11) is 0. The van der Waals surface area contributed by atoms with E-state index in [-0.39, 0.29) is 36.8 Å². The summed E-state index contributed by atoms with van der Waals surface area (Å²) in [5.74, 6) is -2.16. The third-order valence-electron chi connectivity index (χ3n) is 7.15. The third kappa shape index (κ3) is 5.20. The van der Waals surface area contributed by atoms with Crippen molar-refractivity contribution in [1.82, 2.24) is 19.5 Å². The molecule has 12 heteroatoms. The minimum absolute atomic E-state index is 0.00508. The molecule has 3 aromatic rings. The number of primary amides is 1. The third-order valence-corrected chi connectivity index (χ3v) is 7.78. The van der Waals surface area contributed by atoms with Gasteiger partial charge in [0.05, 0.1) is 21.9 Å². The predicted molar refractivity (Wildman–Crippen MR) is 136 cm³/mol. The highest BCUT2D eigenvalue weighted by atomic mass is 35.5. The van der Waals surface area contributed by atoms with Gasteiger partial charge in [-0.25, -0.2) is 18.7 Å². The number of hydrogen-bond donors (Lipinski definition) is 3. The number of imidazole rings is 1. The number of nitrogens with zero attached hydrogens (tertiary/aromatic N) is 4. The summed E-state index contributed by atoms with van der Waals surface area (Å²) in [4.78, 5) is 25.5. The number of aromatic nitrogens is 4. The summed E-state index contributed by atoms with van der Waals surface area (Å²) < 4.78 is 29.1. The van der Waals surface area contributed by atoms with Gasteiger partial charge in [0, 0.05) is 30.8 Å². The molecule has 36 heavy (non-hydrogen) atoms. The molecule has 2 aromatic heterocycles. The first-order chi connectivity index (χ1) is 17.2. The maximum absolute atomic E-state index is 13.6. The Kier molecular flexibility index (Phi) is 6.91. The summed E-state index contributed by atoms with van der Waals surface area (Å²) >= 11 is 12.8. The summed E-state index contributed by atoms with van der Waals surface area (Å²) in [6.07, 6.45) is 4.78. The first kappa shape index (κ1) is 25.0. The molecule has 0 unspecified atom stereocenters. The quantitative estimate of drug-likeness (QED) is 0.351. The highest BCUT2D eigenvalue weighted by Crippen LogP contribution is 2.39. The molecular weight excluding hydrogens is 511 g/mol. The number of carbonyl (C=O) groups excluding carboxylic acids is 1. The number of nitrogens with two attached hydrogens (primary N) is 1. The number of fused-ring (bicyclic) bond motifs is 1. The molecule has 0 saturated heterocycles. The van der Waals surface area contributed by atoms with Gasteiger partial charge in [0.1, 0.15) is 5.52 Å². The highest BCUT2D eigenvalue weighted by Gasteiger charge is 2.35. The maximum atomic E-state index is 13.6. The van der Waals surface area contributed by atoms with Gasteiger partial charge in [0.2, 0.25) is 23.7 Å². The molecule has 1 amide bonds. The molecule has 4 N–H and O–H groups in total. The van der Waals surface area contributed by atoms with E-state index in [9.17, 15) is 13.6 Å². The average molecular weight is 538 g/mol. The smallest absolute Gasteiger partial charge is 0.248 e. The molecule has 0 bridgehead atoms. The van der Waals surface area contributed by atoms with Crippen LogP contribution in [0.5, 0.6) is 0 Å². The zero-order valence-electron chi connectivity index (χ0n) is 19.5. The Labute approximate surface area is 217 Å². The number of rotatable bonds is 6. The van der Waals surface area contributed by atoms with Crippen LogP contribution in [0.3, 0.4) is 0 Å². The van der Waals surface area contributed by atoms with E-state index < -0.39 is 5.92 Å². The number of halogens is 4. The molecule has 2 saturated carbocycles. The topological polar surface area (TPSA) is 111 Å². The van der Waals surface area contributed by atoms with Crippen LogP contribution < -0.4 is 16.4 Å².